The third kappa shape index (κ3) is 3.73. The van der Waals surface area contributed by atoms with E-state index in [9.17, 15) is 30.2 Å². The van der Waals surface area contributed by atoms with Crippen molar-refractivity contribution in [3.05, 3.63) is 57.6 Å². The van der Waals surface area contributed by atoms with E-state index in [1.807, 2.05) is 0 Å². The summed E-state index contributed by atoms with van der Waals surface area (Å²) in [4.78, 5) is 21.8. The van der Waals surface area contributed by atoms with Crippen LogP contribution < -0.4 is 5.43 Å². The first-order valence-electron chi connectivity index (χ1n) is 6.21. The summed E-state index contributed by atoms with van der Waals surface area (Å²) in [6.07, 6.45) is 1.01. The van der Waals surface area contributed by atoms with Crippen LogP contribution in [0, 0.1) is 10.1 Å². The Morgan fingerprint density at radius 3 is 2.52 bits per heavy atom. The number of carbonyl (C=O) groups is 1. The van der Waals surface area contributed by atoms with Gasteiger partial charge in [-0.2, -0.15) is 5.10 Å². The van der Waals surface area contributed by atoms with Crippen LogP contribution in [0.15, 0.2) is 41.5 Å². The zero-order chi connectivity index (χ0) is 17.0. The first-order chi connectivity index (χ1) is 10.9. The van der Waals surface area contributed by atoms with Gasteiger partial charge in [0, 0.05) is 17.7 Å². The van der Waals surface area contributed by atoms with Gasteiger partial charge in [0.15, 0.2) is 0 Å². The third-order valence-electron chi connectivity index (χ3n) is 2.82. The predicted octanol–water partition coefficient (Wildman–Crippen LogP) is 1.48. The minimum Gasteiger partial charge on any atom is -0.508 e. The van der Waals surface area contributed by atoms with Crippen LogP contribution in [0.5, 0.6) is 17.2 Å². The number of benzene rings is 2. The van der Waals surface area contributed by atoms with E-state index in [1.54, 1.807) is 0 Å². The summed E-state index contributed by atoms with van der Waals surface area (Å²) in [5.74, 6) is -1.63. The van der Waals surface area contributed by atoms with Gasteiger partial charge in [-0.1, -0.05) is 0 Å². The minimum atomic E-state index is -0.806. The molecule has 0 unspecified atom stereocenters. The fourth-order valence-corrected chi connectivity index (χ4v) is 1.69. The van der Waals surface area contributed by atoms with Crippen molar-refractivity contribution >= 4 is 17.8 Å². The molecule has 23 heavy (non-hydrogen) atoms. The number of carbonyl (C=O) groups excluding carboxylic acids is 1. The molecule has 0 saturated heterocycles. The Balaban J connectivity index is 2.15. The van der Waals surface area contributed by atoms with Crippen LogP contribution in [0.1, 0.15) is 15.9 Å². The predicted molar refractivity (Wildman–Crippen MR) is 79.6 cm³/mol. The summed E-state index contributed by atoms with van der Waals surface area (Å²) in [6.45, 7) is 0. The standard InChI is InChI=1S/C14H11N3O6/c18-10-2-4-13(20)11(6-10)14(21)16-15-7-8-5-9(17(22)23)1-3-12(8)19/h1-7,18-20H,(H,16,21)/b15-7-. The maximum atomic E-state index is 11.8. The van der Waals surface area contributed by atoms with Crippen LogP contribution in [0.3, 0.4) is 0 Å². The van der Waals surface area contributed by atoms with Crippen LogP contribution >= 0.6 is 0 Å². The monoisotopic (exact) mass is 317 g/mol. The molecular formula is C14H11N3O6. The third-order valence-corrected chi connectivity index (χ3v) is 2.82. The van der Waals surface area contributed by atoms with Gasteiger partial charge in [-0.15, -0.1) is 0 Å². The number of nitrogens with zero attached hydrogens (tertiary/aromatic N) is 2. The van der Waals surface area contributed by atoms with E-state index in [4.69, 9.17) is 0 Å². The fourth-order valence-electron chi connectivity index (χ4n) is 1.69. The second kappa shape index (κ2) is 6.43. The Morgan fingerprint density at radius 2 is 1.83 bits per heavy atom. The molecule has 0 aliphatic rings. The molecule has 9 nitrogen and oxygen atoms in total. The van der Waals surface area contributed by atoms with Crippen molar-refractivity contribution < 1.29 is 25.0 Å². The number of phenols is 3. The quantitative estimate of drug-likeness (QED) is 0.291. The van der Waals surface area contributed by atoms with Gasteiger partial charge in [-0.05, 0) is 24.3 Å². The highest BCUT2D eigenvalue weighted by Gasteiger charge is 2.12. The molecule has 0 heterocycles. The van der Waals surface area contributed by atoms with Gasteiger partial charge >= 0.3 is 0 Å². The van der Waals surface area contributed by atoms with E-state index in [-0.39, 0.29) is 34.1 Å². The summed E-state index contributed by atoms with van der Waals surface area (Å²) in [5, 5.41) is 42.6. The molecule has 2 rings (SSSR count). The van der Waals surface area contributed by atoms with Crippen LogP contribution in [-0.4, -0.2) is 32.4 Å². The molecule has 4 N–H and O–H groups in total. The number of hydrazone groups is 1. The molecule has 2 aromatic carbocycles. The zero-order valence-electron chi connectivity index (χ0n) is 11.5. The molecule has 118 valence electrons. The Hall–Kier alpha value is -3.62. The number of nitro groups is 1. The molecular weight excluding hydrogens is 306 g/mol. The molecule has 2 aromatic rings. The van der Waals surface area contributed by atoms with Crippen LogP contribution in [-0.2, 0) is 0 Å². The largest absolute Gasteiger partial charge is 0.508 e. The van der Waals surface area contributed by atoms with E-state index in [0.29, 0.717) is 0 Å². The van der Waals surface area contributed by atoms with Crippen molar-refractivity contribution in [3.63, 3.8) is 0 Å². The van der Waals surface area contributed by atoms with Crippen LogP contribution in [0.2, 0.25) is 0 Å². The van der Waals surface area contributed by atoms with Crippen LogP contribution in [0.4, 0.5) is 5.69 Å². The van der Waals surface area contributed by atoms with Gasteiger partial charge in [0.05, 0.1) is 16.7 Å². The maximum Gasteiger partial charge on any atom is 0.275 e. The first kappa shape index (κ1) is 15.8. The zero-order valence-corrected chi connectivity index (χ0v) is 11.5. The van der Waals surface area contributed by atoms with Gasteiger partial charge in [0.1, 0.15) is 17.2 Å². The summed E-state index contributed by atoms with van der Waals surface area (Å²) >= 11 is 0. The highest BCUT2D eigenvalue weighted by molar-refractivity contribution is 5.97. The second-order valence-corrected chi connectivity index (χ2v) is 4.40. The average molecular weight is 317 g/mol. The van der Waals surface area contributed by atoms with Crippen molar-refractivity contribution in [2.75, 3.05) is 0 Å². The molecule has 0 fully saturated rings. The molecule has 0 spiro atoms. The second-order valence-electron chi connectivity index (χ2n) is 4.40. The summed E-state index contributed by atoms with van der Waals surface area (Å²) in [6, 6.07) is 6.72. The van der Waals surface area contributed by atoms with Crippen molar-refractivity contribution in [2.24, 2.45) is 5.10 Å². The van der Waals surface area contributed by atoms with E-state index in [0.717, 1.165) is 36.5 Å². The van der Waals surface area contributed by atoms with E-state index in [2.05, 4.69) is 10.5 Å². The highest BCUT2D eigenvalue weighted by atomic mass is 16.6. The normalized spacial score (nSPS) is 10.6. The number of aromatic hydroxyl groups is 3. The highest BCUT2D eigenvalue weighted by Crippen LogP contribution is 2.22. The Bertz CT molecular complexity index is 803. The summed E-state index contributed by atoms with van der Waals surface area (Å²) in [7, 11) is 0. The molecule has 0 aromatic heterocycles. The van der Waals surface area contributed by atoms with Crippen molar-refractivity contribution in [1.82, 2.24) is 5.43 Å². The average Bonchev–Trinajstić information content (AvgIpc) is 2.51. The number of rotatable bonds is 4. The minimum absolute atomic E-state index is 0.0274. The van der Waals surface area contributed by atoms with Crippen molar-refractivity contribution in [1.29, 1.82) is 0 Å². The van der Waals surface area contributed by atoms with E-state index < -0.39 is 10.8 Å². The van der Waals surface area contributed by atoms with Crippen LogP contribution in [0.25, 0.3) is 0 Å². The lowest BCUT2D eigenvalue weighted by Gasteiger charge is -2.03. The van der Waals surface area contributed by atoms with Gasteiger partial charge in [-0.25, -0.2) is 5.43 Å². The molecule has 0 aliphatic carbocycles. The molecule has 0 bridgehead atoms. The van der Waals surface area contributed by atoms with Crippen molar-refractivity contribution in [2.45, 2.75) is 0 Å². The molecule has 0 radical (unpaired) electrons. The fraction of sp³-hybridized carbons (Fsp3) is 0. The maximum absolute atomic E-state index is 11.8. The van der Waals surface area contributed by atoms with Gasteiger partial charge < -0.3 is 15.3 Å². The molecule has 0 atom stereocenters. The first-order valence-corrected chi connectivity index (χ1v) is 6.21. The topological polar surface area (TPSA) is 145 Å². The number of non-ortho nitro benzene ring substituents is 1. The lowest BCUT2D eigenvalue weighted by Crippen LogP contribution is -2.17. The number of phenolic OH excluding ortho intramolecular Hbond substituents is 3. The van der Waals surface area contributed by atoms with E-state index >= 15 is 0 Å². The number of hydrogen-bond donors (Lipinski definition) is 4. The lowest BCUT2D eigenvalue weighted by molar-refractivity contribution is -0.384. The molecule has 1 amide bonds. The summed E-state index contributed by atoms with van der Waals surface area (Å²) < 4.78 is 0. The van der Waals surface area contributed by atoms with Gasteiger partial charge in [0.25, 0.3) is 11.6 Å². The Kier molecular flexibility index (Phi) is 4.41. The Morgan fingerprint density at radius 1 is 1.13 bits per heavy atom. The van der Waals surface area contributed by atoms with Gasteiger partial charge in [-0.3, -0.25) is 14.9 Å². The van der Waals surface area contributed by atoms with Gasteiger partial charge in [0.2, 0.25) is 0 Å². The molecule has 0 aliphatic heterocycles. The van der Waals surface area contributed by atoms with Crippen molar-refractivity contribution in [3.8, 4) is 17.2 Å². The smallest absolute Gasteiger partial charge is 0.275 e. The lowest BCUT2D eigenvalue weighted by atomic mass is 10.2. The number of hydrogen-bond acceptors (Lipinski definition) is 7. The number of amides is 1. The SMILES string of the molecule is O=C(N/N=C\c1cc([N+](=O)[O-])ccc1O)c1cc(O)ccc1O. The number of nitro benzene ring substituents is 1. The van der Waals surface area contributed by atoms with E-state index in [1.165, 1.54) is 6.07 Å². The summed E-state index contributed by atoms with van der Waals surface area (Å²) in [5.41, 5.74) is 1.65. The Labute approximate surface area is 129 Å². The molecule has 9 heteroatoms. The number of nitrogens with one attached hydrogen (secondary N) is 1. The molecule has 0 saturated carbocycles.